The van der Waals surface area contributed by atoms with Gasteiger partial charge in [0.1, 0.15) is 5.82 Å². The summed E-state index contributed by atoms with van der Waals surface area (Å²) in [6.45, 7) is 1.96. The molecule has 1 atom stereocenters. The van der Waals surface area contributed by atoms with E-state index in [0.717, 1.165) is 41.4 Å². The summed E-state index contributed by atoms with van der Waals surface area (Å²) in [6.07, 6.45) is 3.16. The van der Waals surface area contributed by atoms with Crippen LogP contribution in [0.15, 0.2) is 18.2 Å². The molecule has 2 N–H and O–H groups in total. The summed E-state index contributed by atoms with van der Waals surface area (Å²) in [7, 11) is 0. The zero-order valence-corrected chi connectivity index (χ0v) is 9.83. The van der Waals surface area contributed by atoms with Gasteiger partial charge in [0.05, 0.1) is 5.52 Å². The summed E-state index contributed by atoms with van der Waals surface area (Å²) in [5, 5.41) is 0.876. The van der Waals surface area contributed by atoms with Crippen molar-refractivity contribution < 1.29 is 4.39 Å². The molecule has 0 radical (unpaired) electrons. The van der Waals surface area contributed by atoms with Gasteiger partial charge in [-0.25, -0.2) is 4.39 Å². The van der Waals surface area contributed by atoms with E-state index in [1.165, 1.54) is 11.6 Å². The summed E-state index contributed by atoms with van der Waals surface area (Å²) in [4.78, 5) is 4.62. The Balaban J connectivity index is 2.41. The van der Waals surface area contributed by atoms with Crippen molar-refractivity contribution in [1.82, 2.24) is 4.98 Å². The van der Waals surface area contributed by atoms with Crippen LogP contribution in [0.3, 0.4) is 0 Å². The molecule has 1 aliphatic carbocycles. The molecule has 0 saturated carbocycles. The second-order valence-electron chi connectivity index (χ2n) is 4.75. The maximum Gasteiger partial charge on any atom is 0.123 e. The number of fused-ring (bicyclic) bond motifs is 2. The standard InChI is InChI=1S/C14H15FN2/c1-8(16)14-10-3-2-4-12(10)17-13-6-5-9(15)7-11(13)14/h5-8H,2-4,16H2,1H3. The van der Waals surface area contributed by atoms with Gasteiger partial charge in [0.15, 0.2) is 0 Å². The minimum atomic E-state index is -0.223. The van der Waals surface area contributed by atoms with Crippen LogP contribution < -0.4 is 5.73 Å². The van der Waals surface area contributed by atoms with Crippen LogP contribution in [0.1, 0.15) is 36.2 Å². The van der Waals surface area contributed by atoms with Crippen LogP contribution in [-0.4, -0.2) is 4.98 Å². The molecular formula is C14H15FN2. The predicted octanol–water partition coefficient (Wildman–Crippen LogP) is 2.88. The fourth-order valence-electron chi connectivity index (χ4n) is 2.79. The van der Waals surface area contributed by atoms with Crippen LogP contribution in [-0.2, 0) is 12.8 Å². The van der Waals surface area contributed by atoms with E-state index in [4.69, 9.17) is 5.73 Å². The first-order valence-corrected chi connectivity index (χ1v) is 6.03. The van der Waals surface area contributed by atoms with Gasteiger partial charge in [0.25, 0.3) is 0 Å². The minimum Gasteiger partial charge on any atom is -0.324 e. The average Bonchev–Trinajstić information content (AvgIpc) is 2.72. The Bertz CT molecular complexity index is 590. The van der Waals surface area contributed by atoms with Gasteiger partial charge in [0, 0.05) is 17.1 Å². The van der Waals surface area contributed by atoms with Crippen LogP contribution in [0.2, 0.25) is 0 Å². The van der Waals surface area contributed by atoms with E-state index < -0.39 is 0 Å². The molecule has 0 saturated heterocycles. The Labute approximate surface area is 99.7 Å². The molecule has 0 amide bonds. The number of benzene rings is 1. The monoisotopic (exact) mass is 230 g/mol. The Morgan fingerprint density at radius 2 is 2.18 bits per heavy atom. The van der Waals surface area contributed by atoms with Gasteiger partial charge in [-0.1, -0.05) is 0 Å². The Hall–Kier alpha value is -1.48. The molecule has 0 spiro atoms. The van der Waals surface area contributed by atoms with E-state index in [1.54, 1.807) is 12.1 Å². The topological polar surface area (TPSA) is 38.9 Å². The van der Waals surface area contributed by atoms with E-state index in [9.17, 15) is 4.39 Å². The molecule has 0 bridgehead atoms. The van der Waals surface area contributed by atoms with Crippen molar-refractivity contribution in [1.29, 1.82) is 0 Å². The lowest BCUT2D eigenvalue weighted by molar-refractivity contribution is 0.629. The molecule has 1 aromatic heterocycles. The number of pyridine rings is 1. The zero-order chi connectivity index (χ0) is 12.0. The van der Waals surface area contributed by atoms with Crippen LogP contribution in [0, 0.1) is 5.82 Å². The fraction of sp³-hybridized carbons (Fsp3) is 0.357. The van der Waals surface area contributed by atoms with E-state index in [1.807, 2.05) is 6.92 Å². The summed E-state index contributed by atoms with van der Waals surface area (Å²) in [6, 6.07) is 4.69. The second kappa shape index (κ2) is 3.77. The molecule has 2 aromatic rings. The predicted molar refractivity (Wildman–Crippen MR) is 66.3 cm³/mol. The number of nitrogens with zero attached hydrogens (tertiary/aromatic N) is 1. The van der Waals surface area contributed by atoms with Gasteiger partial charge < -0.3 is 5.73 Å². The highest BCUT2D eigenvalue weighted by Gasteiger charge is 2.21. The summed E-state index contributed by atoms with van der Waals surface area (Å²) in [5.41, 5.74) is 10.4. The van der Waals surface area contributed by atoms with Gasteiger partial charge in [-0.05, 0) is 55.5 Å². The number of aromatic nitrogens is 1. The number of hydrogen-bond donors (Lipinski definition) is 1. The quantitative estimate of drug-likeness (QED) is 0.818. The third kappa shape index (κ3) is 1.62. The summed E-state index contributed by atoms with van der Waals surface area (Å²) < 4.78 is 13.4. The zero-order valence-electron chi connectivity index (χ0n) is 9.83. The lowest BCUT2D eigenvalue weighted by Gasteiger charge is -2.15. The lowest BCUT2D eigenvalue weighted by atomic mass is 9.96. The molecule has 2 nitrogen and oxygen atoms in total. The maximum atomic E-state index is 13.4. The minimum absolute atomic E-state index is 0.0749. The molecule has 88 valence electrons. The molecule has 0 aliphatic heterocycles. The van der Waals surface area contributed by atoms with E-state index >= 15 is 0 Å². The Kier molecular flexibility index (Phi) is 2.37. The molecule has 1 aliphatic rings. The van der Waals surface area contributed by atoms with Crippen molar-refractivity contribution in [3.63, 3.8) is 0 Å². The van der Waals surface area contributed by atoms with Crippen molar-refractivity contribution in [2.45, 2.75) is 32.2 Å². The third-order valence-electron chi connectivity index (χ3n) is 3.47. The smallest absolute Gasteiger partial charge is 0.123 e. The second-order valence-corrected chi connectivity index (χ2v) is 4.75. The largest absolute Gasteiger partial charge is 0.324 e. The van der Waals surface area contributed by atoms with Gasteiger partial charge in [0.2, 0.25) is 0 Å². The molecule has 1 heterocycles. The SMILES string of the molecule is CC(N)c1c2c(nc3ccc(F)cc13)CCC2. The van der Waals surface area contributed by atoms with Gasteiger partial charge in [-0.3, -0.25) is 4.98 Å². The number of rotatable bonds is 1. The normalized spacial score (nSPS) is 16.2. The number of halogens is 1. The Morgan fingerprint density at radius 3 is 2.94 bits per heavy atom. The van der Waals surface area contributed by atoms with Crippen LogP contribution >= 0.6 is 0 Å². The van der Waals surface area contributed by atoms with Crippen LogP contribution in [0.5, 0.6) is 0 Å². The van der Waals surface area contributed by atoms with Gasteiger partial charge in [-0.2, -0.15) is 0 Å². The molecule has 3 rings (SSSR count). The van der Waals surface area contributed by atoms with Crippen LogP contribution in [0.4, 0.5) is 4.39 Å². The summed E-state index contributed by atoms with van der Waals surface area (Å²) in [5.74, 6) is -0.223. The van der Waals surface area contributed by atoms with Crippen molar-refractivity contribution in [2.24, 2.45) is 5.73 Å². The van der Waals surface area contributed by atoms with E-state index in [2.05, 4.69) is 4.98 Å². The van der Waals surface area contributed by atoms with Crippen molar-refractivity contribution in [3.8, 4) is 0 Å². The molecular weight excluding hydrogens is 215 g/mol. The van der Waals surface area contributed by atoms with Crippen molar-refractivity contribution in [2.75, 3.05) is 0 Å². The highest BCUT2D eigenvalue weighted by molar-refractivity contribution is 5.84. The number of hydrogen-bond acceptors (Lipinski definition) is 2. The lowest BCUT2D eigenvalue weighted by Crippen LogP contribution is -2.10. The van der Waals surface area contributed by atoms with Gasteiger partial charge >= 0.3 is 0 Å². The van der Waals surface area contributed by atoms with Gasteiger partial charge in [-0.15, -0.1) is 0 Å². The number of aryl methyl sites for hydroxylation is 1. The highest BCUT2D eigenvalue weighted by atomic mass is 19.1. The summed E-state index contributed by atoms with van der Waals surface area (Å²) >= 11 is 0. The molecule has 0 fully saturated rings. The van der Waals surface area contributed by atoms with E-state index in [0.29, 0.717) is 0 Å². The molecule has 1 aromatic carbocycles. The number of nitrogens with two attached hydrogens (primary N) is 1. The first kappa shape index (κ1) is 10.7. The van der Waals surface area contributed by atoms with E-state index in [-0.39, 0.29) is 11.9 Å². The van der Waals surface area contributed by atoms with Crippen LogP contribution in [0.25, 0.3) is 10.9 Å². The maximum absolute atomic E-state index is 13.4. The first-order valence-electron chi connectivity index (χ1n) is 6.03. The molecule has 3 heteroatoms. The molecule has 1 unspecified atom stereocenters. The molecule has 17 heavy (non-hydrogen) atoms. The fourth-order valence-corrected chi connectivity index (χ4v) is 2.79. The van der Waals surface area contributed by atoms with Crippen molar-refractivity contribution in [3.05, 3.63) is 40.8 Å². The highest BCUT2D eigenvalue weighted by Crippen LogP contribution is 2.33. The Morgan fingerprint density at radius 1 is 1.35 bits per heavy atom. The van der Waals surface area contributed by atoms with Crippen molar-refractivity contribution >= 4 is 10.9 Å². The first-order chi connectivity index (χ1) is 8.16. The average molecular weight is 230 g/mol. The third-order valence-corrected chi connectivity index (χ3v) is 3.47.